The molecule has 5 rings (SSSR count). The molecule has 0 aliphatic heterocycles. The van der Waals surface area contributed by atoms with Gasteiger partial charge >= 0.3 is 0 Å². The largest absolute Gasteiger partial charge is 0.508 e. The van der Waals surface area contributed by atoms with Gasteiger partial charge in [-0.15, -0.1) is 0 Å². The van der Waals surface area contributed by atoms with Crippen LogP contribution in [-0.2, 0) is 6.42 Å². The summed E-state index contributed by atoms with van der Waals surface area (Å²) in [4.78, 5) is 0. The van der Waals surface area contributed by atoms with Crippen molar-refractivity contribution in [3.63, 3.8) is 0 Å². The average molecular weight is 419 g/mol. The molecule has 2 aromatic rings. The average Bonchev–Trinajstić information content (AvgIpc) is 3.11. The molecule has 2 saturated carbocycles. The summed E-state index contributed by atoms with van der Waals surface area (Å²) in [6, 6.07) is 11.2. The molecule has 5 heteroatoms. The highest BCUT2D eigenvalue weighted by Crippen LogP contribution is 2.60. The number of phenols is 2. The lowest BCUT2D eigenvalue weighted by Crippen LogP contribution is -2.42. The maximum Gasteiger partial charge on any atom is 0.161 e. The van der Waals surface area contributed by atoms with Crippen LogP contribution in [0.5, 0.6) is 17.2 Å². The number of hydrogen-bond donors (Lipinski definition) is 2. The predicted molar refractivity (Wildman–Crippen MR) is 122 cm³/mol. The first-order valence-electron chi connectivity index (χ1n) is 11.3. The predicted octanol–water partition coefficient (Wildman–Crippen LogP) is 5.44. The third-order valence-electron chi connectivity index (χ3n) is 8.04. The zero-order valence-corrected chi connectivity index (χ0v) is 18.2. The van der Waals surface area contributed by atoms with Crippen LogP contribution in [-0.4, -0.2) is 29.2 Å². The third kappa shape index (κ3) is 3.40. The zero-order chi connectivity index (χ0) is 21.6. The Balaban J connectivity index is 1.36. The summed E-state index contributed by atoms with van der Waals surface area (Å²) in [5.74, 6) is 2.89. The number of rotatable bonds is 3. The molecule has 5 nitrogen and oxygen atoms in total. The van der Waals surface area contributed by atoms with E-state index in [0.717, 1.165) is 24.8 Å². The van der Waals surface area contributed by atoms with Crippen molar-refractivity contribution in [2.75, 3.05) is 7.11 Å². The molecule has 0 radical (unpaired) electrons. The number of aromatic hydroxyl groups is 2. The molecular weight excluding hydrogens is 388 g/mol. The maximum atomic E-state index is 9.87. The molecule has 31 heavy (non-hydrogen) atoms. The molecule has 2 aromatic carbocycles. The van der Waals surface area contributed by atoms with Crippen molar-refractivity contribution >= 4 is 11.9 Å². The van der Waals surface area contributed by atoms with E-state index in [1.165, 1.54) is 36.1 Å². The third-order valence-corrected chi connectivity index (χ3v) is 8.04. The normalized spacial score (nSPS) is 30.8. The van der Waals surface area contributed by atoms with E-state index in [4.69, 9.17) is 9.84 Å². The van der Waals surface area contributed by atoms with E-state index >= 15 is 0 Å². The number of benzene rings is 2. The molecule has 3 aliphatic carbocycles. The van der Waals surface area contributed by atoms with Crippen molar-refractivity contribution in [1.82, 2.24) is 0 Å². The lowest BCUT2D eigenvalue weighted by Gasteiger charge is -2.49. The monoisotopic (exact) mass is 418 g/mol. The Kier molecular flexibility index (Phi) is 4.99. The first kappa shape index (κ1) is 20.1. The highest BCUT2D eigenvalue weighted by Gasteiger charge is 2.53. The number of hydrogen-bond acceptors (Lipinski definition) is 5. The first-order valence-corrected chi connectivity index (χ1v) is 11.3. The van der Waals surface area contributed by atoms with Gasteiger partial charge in [-0.05, 0) is 103 Å². The summed E-state index contributed by atoms with van der Waals surface area (Å²) in [5, 5.41) is 28.7. The zero-order valence-electron chi connectivity index (χ0n) is 18.2. The molecule has 0 aromatic heterocycles. The summed E-state index contributed by atoms with van der Waals surface area (Å²) in [6.45, 7) is 2.39. The molecule has 0 spiro atoms. The van der Waals surface area contributed by atoms with E-state index in [-0.39, 0.29) is 11.2 Å². The Morgan fingerprint density at radius 1 is 1.06 bits per heavy atom. The second-order valence-corrected chi connectivity index (χ2v) is 9.52. The van der Waals surface area contributed by atoms with Crippen molar-refractivity contribution in [2.24, 2.45) is 27.5 Å². The summed E-state index contributed by atoms with van der Waals surface area (Å²) in [7, 11) is 1.54. The van der Waals surface area contributed by atoms with E-state index in [0.29, 0.717) is 29.3 Å². The SMILES string of the molecule is COc1cc(/C=N\N=C2\CC[C@H]3[C@H]4CCc5cc(O)ccc5[C@@H]4CC[C@@]23C)ccc1O. The molecule has 0 saturated heterocycles. The lowest BCUT2D eigenvalue weighted by molar-refractivity contribution is 0.0955. The number of ether oxygens (including phenoxy) is 1. The van der Waals surface area contributed by atoms with Crippen molar-refractivity contribution in [1.29, 1.82) is 0 Å². The van der Waals surface area contributed by atoms with Crippen LogP contribution < -0.4 is 4.74 Å². The highest BCUT2D eigenvalue weighted by atomic mass is 16.5. The lowest BCUT2D eigenvalue weighted by atomic mass is 9.55. The van der Waals surface area contributed by atoms with Crippen LogP contribution in [0.15, 0.2) is 46.6 Å². The second kappa shape index (κ2) is 7.70. The summed E-state index contributed by atoms with van der Waals surface area (Å²) >= 11 is 0. The minimum absolute atomic E-state index is 0.123. The Labute approximate surface area is 183 Å². The van der Waals surface area contributed by atoms with Crippen LogP contribution in [0.25, 0.3) is 0 Å². The smallest absolute Gasteiger partial charge is 0.161 e. The van der Waals surface area contributed by atoms with Gasteiger partial charge in [0.15, 0.2) is 11.5 Å². The minimum atomic E-state index is 0.123. The fourth-order valence-corrected chi connectivity index (χ4v) is 6.46. The summed E-state index contributed by atoms with van der Waals surface area (Å²) in [6.07, 6.45) is 8.51. The summed E-state index contributed by atoms with van der Waals surface area (Å²) < 4.78 is 5.17. The maximum absolute atomic E-state index is 9.87. The van der Waals surface area contributed by atoms with Gasteiger partial charge in [0.1, 0.15) is 5.75 Å². The van der Waals surface area contributed by atoms with Crippen LogP contribution in [0.2, 0.25) is 0 Å². The molecule has 3 aliphatic rings. The van der Waals surface area contributed by atoms with Gasteiger partial charge in [0.2, 0.25) is 0 Å². The van der Waals surface area contributed by atoms with Crippen LogP contribution in [0.1, 0.15) is 61.6 Å². The van der Waals surface area contributed by atoms with E-state index in [9.17, 15) is 10.2 Å². The molecule has 0 heterocycles. The quantitative estimate of drug-likeness (QED) is 0.515. The Hall–Kier alpha value is -2.82. The second-order valence-electron chi connectivity index (χ2n) is 9.52. The fourth-order valence-electron chi connectivity index (χ4n) is 6.46. The van der Waals surface area contributed by atoms with Crippen molar-refractivity contribution in [2.45, 2.75) is 51.4 Å². The molecular formula is C26H30N2O3. The Bertz CT molecular complexity index is 1060. The van der Waals surface area contributed by atoms with Crippen LogP contribution in [0.3, 0.4) is 0 Å². The van der Waals surface area contributed by atoms with Gasteiger partial charge in [-0.2, -0.15) is 10.2 Å². The van der Waals surface area contributed by atoms with Gasteiger partial charge < -0.3 is 14.9 Å². The molecule has 2 N–H and O–H groups in total. The molecule has 0 amide bonds. The molecule has 2 fully saturated rings. The van der Waals surface area contributed by atoms with E-state index < -0.39 is 0 Å². The molecule has 0 unspecified atom stereocenters. The van der Waals surface area contributed by atoms with Crippen LogP contribution >= 0.6 is 0 Å². The number of fused-ring (bicyclic) bond motifs is 5. The van der Waals surface area contributed by atoms with Gasteiger partial charge in [-0.3, -0.25) is 0 Å². The van der Waals surface area contributed by atoms with Crippen molar-refractivity contribution < 1.29 is 14.9 Å². The van der Waals surface area contributed by atoms with E-state index in [1.807, 2.05) is 18.2 Å². The van der Waals surface area contributed by atoms with E-state index in [2.05, 4.69) is 18.1 Å². The van der Waals surface area contributed by atoms with Crippen LogP contribution in [0.4, 0.5) is 0 Å². The van der Waals surface area contributed by atoms with Gasteiger partial charge in [0.05, 0.1) is 13.3 Å². The number of aryl methyl sites for hydroxylation is 1. The van der Waals surface area contributed by atoms with E-state index in [1.54, 1.807) is 25.5 Å². The Morgan fingerprint density at radius 3 is 2.77 bits per heavy atom. The number of phenolic OH excluding ortho intramolecular Hbond substituents is 2. The Morgan fingerprint density at radius 2 is 1.94 bits per heavy atom. The first-order chi connectivity index (χ1) is 15.0. The topological polar surface area (TPSA) is 74.4 Å². The molecule has 4 atom stereocenters. The van der Waals surface area contributed by atoms with Crippen molar-refractivity contribution in [3.05, 3.63) is 53.1 Å². The fraction of sp³-hybridized carbons (Fsp3) is 0.462. The number of nitrogens with zero attached hydrogens (tertiary/aromatic N) is 2. The van der Waals surface area contributed by atoms with Crippen LogP contribution in [0, 0.1) is 17.3 Å². The van der Waals surface area contributed by atoms with Gasteiger partial charge in [-0.25, -0.2) is 0 Å². The van der Waals surface area contributed by atoms with Gasteiger partial charge in [0, 0.05) is 11.1 Å². The van der Waals surface area contributed by atoms with Crippen molar-refractivity contribution in [3.8, 4) is 17.2 Å². The highest BCUT2D eigenvalue weighted by molar-refractivity contribution is 5.93. The summed E-state index contributed by atoms with van der Waals surface area (Å²) in [5.41, 5.74) is 5.01. The van der Waals surface area contributed by atoms with Gasteiger partial charge in [-0.1, -0.05) is 13.0 Å². The van der Waals surface area contributed by atoms with Gasteiger partial charge in [0.25, 0.3) is 0 Å². The number of methoxy groups -OCH3 is 1. The molecule has 0 bridgehead atoms. The molecule has 162 valence electrons. The standard InChI is InChI=1S/C26H30N2O3/c1-26-12-11-20-19-7-5-18(29)14-17(19)4-6-21(20)22(26)8-10-25(26)28-27-15-16-3-9-23(30)24(13-16)31-2/h3,5,7,9,13-15,20-22,29-30H,4,6,8,10-12H2,1-2H3/b27-15-,28-25-/t20-,21-,22-,26+/m0/s1. The minimum Gasteiger partial charge on any atom is -0.508 e.